The van der Waals surface area contributed by atoms with Gasteiger partial charge in [-0.25, -0.2) is 4.98 Å². The van der Waals surface area contributed by atoms with Crippen molar-refractivity contribution in [1.29, 1.82) is 0 Å². The molecule has 2 aromatic rings. The van der Waals surface area contributed by atoms with E-state index >= 15 is 0 Å². The van der Waals surface area contributed by atoms with E-state index < -0.39 is 5.97 Å². The predicted molar refractivity (Wildman–Crippen MR) is 50.0 cm³/mol. The van der Waals surface area contributed by atoms with Crippen LogP contribution in [0.4, 0.5) is 0 Å². The van der Waals surface area contributed by atoms with Crippen LogP contribution in [0.25, 0.3) is 5.69 Å². The van der Waals surface area contributed by atoms with Crippen LogP contribution in [-0.4, -0.2) is 33.1 Å². The quantitative estimate of drug-likeness (QED) is 0.510. The number of nitrogens with zero attached hydrogens (tertiary/aromatic N) is 4. The second kappa shape index (κ2) is 5.76. The van der Waals surface area contributed by atoms with Crippen LogP contribution in [0.5, 0.6) is 5.75 Å². The first-order chi connectivity index (χ1) is 7.72. The molecular weight excluding hydrogens is 235 g/mol. The van der Waals surface area contributed by atoms with Gasteiger partial charge in [-0.15, -0.1) is 4.80 Å². The Morgan fingerprint density at radius 3 is 2.59 bits per heavy atom. The van der Waals surface area contributed by atoms with Crippen LogP contribution in [-0.2, 0) is 0 Å². The number of carbonyl (C=O) groups excluding carboxylic acids is 1. The van der Waals surface area contributed by atoms with Crippen LogP contribution in [0.1, 0.15) is 10.5 Å². The van der Waals surface area contributed by atoms with Gasteiger partial charge in [0.25, 0.3) is 0 Å². The third-order valence-corrected chi connectivity index (χ3v) is 1.91. The molecule has 82 valence electrons. The first-order valence-corrected chi connectivity index (χ1v) is 4.34. The van der Waals surface area contributed by atoms with Crippen LogP contribution in [0.15, 0.2) is 24.7 Å². The summed E-state index contributed by atoms with van der Waals surface area (Å²) in [6, 6.07) is 1.47. The number of carboxylic acid groups (broad SMARTS) is 1. The number of hydrogen-bond acceptors (Lipinski definition) is 6. The van der Waals surface area contributed by atoms with E-state index in [4.69, 9.17) is 4.74 Å². The van der Waals surface area contributed by atoms with Gasteiger partial charge in [-0.05, 0) is 0 Å². The molecule has 0 atom stereocenters. The number of methoxy groups -OCH3 is 1. The van der Waals surface area contributed by atoms with Gasteiger partial charge in [0.1, 0.15) is 17.1 Å². The summed E-state index contributed by atoms with van der Waals surface area (Å²) in [5.41, 5.74) is -0.0404. The van der Waals surface area contributed by atoms with Gasteiger partial charge in [0.2, 0.25) is 0 Å². The minimum absolute atomic E-state index is 0. The smallest absolute Gasteiger partial charge is 0.543 e. The van der Waals surface area contributed by atoms with Gasteiger partial charge in [0, 0.05) is 6.07 Å². The number of aromatic nitrogens is 4. The first kappa shape index (κ1) is 13.6. The zero-order chi connectivity index (χ0) is 11.5. The fraction of sp³-hybridized carbons (Fsp3) is 0.111. The zero-order valence-corrected chi connectivity index (χ0v) is 11.3. The molecule has 2 rings (SSSR count). The summed E-state index contributed by atoms with van der Waals surface area (Å²) >= 11 is 0. The molecule has 0 spiro atoms. The van der Waals surface area contributed by atoms with Gasteiger partial charge in [-0.3, -0.25) is 0 Å². The Labute approximate surface area is 119 Å². The molecule has 7 nitrogen and oxygen atoms in total. The van der Waals surface area contributed by atoms with Crippen molar-refractivity contribution in [3.63, 3.8) is 0 Å². The van der Waals surface area contributed by atoms with E-state index in [-0.39, 0.29) is 40.9 Å². The van der Waals surface area contributed by atoms with Crippen molar-refractivity contribution >= 4 is 5.97 Å². The summed E-state index contributed by atoms with van der Waals surface area (Å²) in [5.74, 6) is -0.979. The van der Waals surface area contributed by atoms with Crippen LogP contribution in [0, 0.1) is 0 Å². The van der Waals surface area contributed by atoms with Crippen molar-refractivity contribution in [2.45, 2.75) is 0 Å². The summed E-state index contributed by atoms with van der Waals surface area (Å²) in [6.45, 7) is 0. The average Bonchev–Trinajstić information content (AvgIpc) is 2.81. The molecule has 2 heterocycles. The SMILES string of the molecule is COc1cnc(C(=O)[O-])c(-n2nccn2)c1.[Na+]. The summed E-state index contributed by atoms with van der Waals surface area (Å²) in [4.78, 5) is 15.7. The number of hydrogen-bond donors (Lipinski definition) is 0. The van der Waals surface area contributed by atoms with E-state index in [2.05, 4.69) is 15.2 Å². The monoisotopic (exact) mass is 242 g/mol. The van der Waals surface area contributed by atoms with Crippen molar-refractivity contribution in [3.05, 3.63) is 30.4 Å². The maximum absolute atomic E-state index is 10.8. The van der Waals surface area contributed by atoms with E-state index in [0.717, 1.165) is 4.80 Å². The molecule has 0 radical (unpaired) electrons. The fourth-order valence-electron chi connectivity index (χ4n) is 1.20. The van der Waals surface area contributed by atoms with E-state index in [1.165, 1.54) is 31.8 Å². The minimum atomic E-state index is -1.39. The molecule has 2 aromatic heterocycles. The Morgan fingerprint density at radius 1 is 1.41 bits per heavy atom. The minimum Gasteiger partial charge on any atom is -0.543 e. The number of rotatable bonds is 3. The van der Waals surface area contributed by atoms with Crippen molar-refractivity contribution in [3.8, 4) is 11.4 Å². The predicted octanol–water partition coefficient (Wildman–Crippen LogP) is -3.96. The third kappa shape index (κ3) is 2.82. The second-order valence-corrected chi connectivity index (χ2v) is 2.85. The maximum atomic E-state index is 10.8. The van der Waals surface area contributed by atoms with Gasteiger partial charge < -0.3 is 14.6 Å². The third-order valence-electron chi connectivity index (χ3n) is 1.91. The summed E-state index contributed by atoms with van der Waals surface area (Å²) in [6.07, 6.45) is 4.15. The molecule has 0 amide bonds. The van der Waals surface area contributed by atoms with Crippen LogP contribution >= 0.6 is 0 Å². The van der Waals surface area contributed by atoms with Crippen LogP contribution < -0.4 is 39.4 Å². The molecular formula is C9H7N4NaO3. The van der Waals surface area contributed by atoms with E-state index in [1.807, 2.05) is 0 Å². The Balaban J connectivity index is 0.00000144. The standard InChI is InChI=1S/C9H8N4O3.Na/c1-16-6-4-7(13-11-2-3-12-13)8(9(14)15)10-5-6;/h2-5H,1H3,(H,14,15);/q;+1/p-1. The van der Waals surface area contributed by atoms with Crippen molar-refractivity contribution in [1.82, 2.24) is 20.0 Å². The van der Waals surface area contributed by atoms with E-state index in [9.17, 15) is 9.90 Å². The first-order valence-electron chi connectivity index (χ1n) is 4.34. The normalized spacial score (nSPS) is 9.47. The number of carboxylic acids is 1. The molecule has 0 aromatic carbocycles. The van der Waals surface area contributed by atoms with Crippen LogP contribution in [0.2, 0.25) is 0 Å². The summed E-state index contributed by atoms with van der Waals surface area (Å²) in [7, 11) is 1.45. The van der Waals surface area contributed by atoms with Crippen LogP contribution in [0.3, 0.4) is 0 Å². The molecule has 0 aliphatic heterocycles. The van der Waals surface area contributed by atoms with Gasteiger partial charge >= 0.3 is 29.6 Å². The number of pyridine rings is 1. The molecule has 0 N–H and O–H groups in total. The van der Waals surface area contributed by atoms with Gasteiger partial charge in [-0.2, -0.15) is 10.2 Å². The summed E-state index contributed by atoms with van der Waals surface area (Å²) < 4.78 is 4.94. The average molecular weight is 242 g/mol. The Morgan fingerprint density at radius 2 is 2.06 bits per heavy atom. The molecule has 0 aliphatic carbocycles. The molecule has 0 bridgehead atoms. The van der Waals surface area contributed by atoms with Crippen molar-refractivity contribution < 1.29 is 44.2 Å². The van der Waals surface area contributed by atoms with Gasteiger partial charge in [0.05, 0.1) is 31.7 Å². The molecule has 0 unspecified atom stereocenters. The molecule has 8 heteroatoms. The Kier molecular flexibility index (Phi) is 4.62. The van der Waals surface area contributed by atoms with Gasteiger partial charge in [-0.1, -0.05) is 0 Å². The van der Waals surface area contributed by atoms with Gasteiger partial charge in [0.15, 0.2) is 0 Å². The molecule has 0 saturated carbocycles. The Bertz CT molecular complexity index is 515. The number of aromatic carboxylic acids is 1. The zero-order valence-electron chi connectivity index (χ0n) is 9.32. The second-order valence-electron chi connectivity index (χ2n) is 2.85. The van der Waals surface area contributed by atoms with E-state index in [1.54, 1.807) is 0 Å². The maximum Gasteiger partial charge on any atom is 1.00 e. The number of ether oxygens (including phenoxy) is 1. The van der Waals surface area contributed by atoms with E-state index in [0.29, 0.717) is 5.75 Å². The molecule has 0 fully saturated rings. The van der Waals surface area contributed by atoms with Crippen molar-refractivity contribution in [2.24, 2.45) is 0 Å². The topological polar surface area (TPSA) is 93.0 Å². The molecule has 17 heavy (non-hydrogen) atoms. The Hall–Kier alpha value is -1.44. The summed E-state index contributed by atoms with van der Waals surface area (Å²) in [5, 5.41) is 18.5. The van der Waals surface area contributed by atoms with Crippen molar-refractivity contribution in [2.75, 3.05) is 7.11 Å². The number of carbonyl (C=O) groups is 1. The fourth-order valence-corrected chi connectivity index (χ4v) is 1.20. The largest absolute Gasteiger partial charge is 1.00 e. The molecule has 0 aliphatic rings. The molecule has 0 saturated heterocycles.